The van der Waals surface area contributed by atoms with Crippen molar-refractivity contribution in [2.45, 2.75) is 51.0 Å². The topological polar surface area (TPSA) is 71.5 Å². The van der Waals surface area contributed by atoms with Gasteiger partial charge in [0.1, 0.15) is 11.4 Å². The van der Waals surface area contributed by atoms with E-state index in [4.69, 9.17) is 4.74 Å². The van der Waals surface area contributed by atoms with E-state index in [2.05, 4.69) is 44.4 Å². The molecule has 0 saturated carbocycles. The molecule has 194 valence electrons. The third kappa shape index (κ3) is 6.24. The quantitative estimate of drug-likeness (QED) is 0.386. The lowest BCUT2D eigenvalue weighted by Crippen LogP contribution is -2.39. The van der Waals surface area contributed by atoms with Gasteiger partial charge in [-0.2, -0.15) is 0 Å². The van der Waals surface area contributed by atoms with Gasteiger partial charge in [-0.3, -0.25) is 9.59 Å². The van der Waals surface area contributed by atoms with Gasteiger partial charge in [0.25, 0.3) is 5.91 Å². The number of ether oxygens (including phenoxy) is 1. The van der Waals surface area contributed by atoms with Crippen molar-refractivity contribution in [3.05, 3.63) is 79.7 Å². The fourth-order valence-electron chi connectivity index (χ4n) is 5.44. The smallest absolute Gasteiger partial charge is 0.271 e. The van der Waals surface area contributed by atoms with E-state index >= 15 is 0 Å². The Bertz CT molecular complexity index is 1270. The van der Waals surface area contributed by atoms with Gasteiger partial charge >= 0.3 is 0 Å². The minimum absolute atomic E-state index is 0.0569. The molecule has 8 heteroatoms. The summed E-state index contributed by atoms with van der Waals surface area (Å²) in [6.45, 7) is 1.50. The number of nitrogens with zero attached hydrogens (tertiary/aromatic N) is 2. The molecule has 1 aromatic heterocycles. The van der Waals surface area contributed by atoms with Crippen LogP contribution in [-0.4, -0.2) is 41.9 Å². The van der Waals surface area contributed by atoms with E-state index in [1.54, 1.807) is 18.4 Å². The van der Waals surface area contributed by atoms with Gasteiger partial charge in [0, 0.05) is 34.9 Å². The number of likely N-dealkylation sites (tertiary alicyclic amines) is 1. The van der Waals surface area contributed by atoms with Crippen LogP contribution in [0.2, 0.25) is 0 Å². The van der Waals surface area contributed by atoms with Crippen molar-refractivity contribution in [3.8, 4) is 5.75 Å². The molecule has 3 aromatic rings. The van der Waals surface area contributed by atoms with E-state index in [9.17, 15) is 9.59 Å². The van der Waals surface area contributed by atoms with Crippen LogP contribution in [0.25, 0.3) is 0 Å². The molecule has 5 rings (SSSR count). The molecule has 6 nitrogen and oxygen atoms in total. The highest BCUT2D eigenvalue weighted by molar-refractivity contribution is 9.10. The third-order valence-corrected chi connectivity index (χ3v) is 8.84. The summed E-state index contributed by atoms with van der Waals surface area (Å²) in [5.74, 6) is 1.25. The first-order valence-corrected chi connectivity index (χ1v) is 14.6. The molecule has 1 unspecified atom stereocenters. The number of rotatable bonds is 7. The molecule has 37 heavy (non-hydrogen) atoms. The normalized spacial score (nSPS) is 17.8. The number of nitrogens with one attached hydrogen (secondary N) is 1. The lowest BCUT2D eigenvalue weighted by Gasteiger charge is -2.32. The Labute approximate surface area is 230 Å². The first kappa shape index (κ1) is 25.9. The number of aryl methyl sites for hydroxylation is 1. The standard InChI is InChI=1S/C29H32BrN3O3S/c1-36-26-10-9-22(30)16-21(26)17-28(34)33-13-11-19(12-14-33)15-27-31-25(18-37-27)29(35)32-24-8-4-6-20-5-2-3-7-23(20)24/h2-3,5,7,9-10,16,18-19,24H,4,6,8,11-15,17H2,1H3,(H,32,35). The second-order valence-electron chi connectivity index (χ2n) is 9.90. The molecular formula is C29H32BrN3O3S. The van der Waals surface area contributed by atoms with Gasteiger partial charge in [-0.25, -0.2) is 4.98 Å². The summed E-state index contributed by atoms with van der Waals surface area (Å²) in [7, 11) is 1.63. The summed E-state index contributed by atoms with van der Waals surface area (Å²) < 4.78 is 6.36. The number of amides is 2. The van der Waals surface area contributed by atoms with E-state index < -0.39 is 0 Å². The molecule has 2 aromatic carbocycles. The van der Waals surface area contributed by atoms with Gasteiger partial charge in [-0.15, -0.1) is 11.3 Å². The van der Waals surface area contributed by atoms with Gasteiger partial charge in [0.05, 0.1) is 24.6 Å². The average Bonchev–Trinajstić information content (AvgIpc) is 3.38. The molecule has 1 aliphatic carbocycles. The summed E-state index contributed by atoms with van der Waals surface area (Å²) in [5.41, 5.74) is 3.98. The van der Waals surface area contributed by atoms with Crippen molar-refractivity contribution < 1.29 is 14.3 Å². The maximum atomic E-state index is 12.9. The van der Waals surface area contributed by atoms with Gasteiger partial charge < -0.3 is 15.0 Å². The highest BCUT2D eigenvalue weighted by Gasteiger charge is 2.26. The average molecular weight is 583 g/mol. The number of thiazole rings is 1. The molecule has 1 saturated heterocycles. The number of halogens is 1. The van der Waals surface area contributed by atoms with Crippen LogP contribution in [0, 0.1) is 5.92 Å². The number of carbonyl (C=O) groups excluding carboxylic acids is 2. The Morgan fingerprint density at radius 2 is 1.97 bits per heavy atom. The number of aromatic nitrogens is 1. The minimum atomic E-state index is -0.0902. The number of hydrogen-bond donors (Lipinski definition) is 1. The molecule has 2 heterocycles. The van der Waals surface area contributed by atoms with Gasteiger partial charge in [0.15, 0.2) is 0 Å². The number of benzene rings is 2. The lowest BCUT2D eigenvalue weighted by molar-refractivity contribution is -0.131. The Balaban J connectivity index is 1.12. The van der Waals surface area contributed by atoms with Crippen molar-refractivity contribution in [1.29, 1.82) is 0 Å². The van der Waals surface area contributed by atoms with Crippen molar-refractivity contribution in [1.82, 2.24) is 15.2 Å². The Morgan fingerprint density at radius 1 is 1.16 bits per heavy atom. The van der Waals surface area contributed by atoms with Crippen molar-refractivity contribution >= 4 is 39.1 Å². The maximum absolute atomic E-state index is 12.9. The molecule has 1 N–H and O–H groups in total. The van der Waals surface area contributed by atoms with Crippen molar-refractivity contribution in [3.63, 3.8) is 0 Å². The van der Waals surface area contributed by atoms with Crippen LogP contribution < -0.4 is 10.1 Å². The zero-order valence-electron chi connectivity index (χ0n) is 21.0. The second kappa shape index (κ2) is 11.8. The van der Waals surface area contributed by atoms with Crippen LogP contribution in [0.5, 0.6) is 5.75 Å². The van der Waals surface area contributed by atoms with Crippen LogP contribution in [0.15, 0.2) is 52.3 Å². The third-order valence-electron chi connectivity index (χ3n) is 7.47. The molecule has 2 aliphatic rings. The molecule has 1 atom stereocenters. The first-order valence-electron chi connectivity index (χ1n) is 12.9. The number of methoxy groups -OCH3 is 1. The van der Waals surface area contributed by atoms with E-state index in [1.807, 2.05) is 34.5 Å². The van der Waals surface area contributed by atoms with E-state index in [0.29, 0.717) is 18.0 Å². The van der Waals surface area contributed by atoms with E-state index in [1.165, 1.54) is 11.1 Å². The molecule has 0 bridgehead atoms. The molecule has 2 amide bonds. The van der Waals surface area contributed by atoms with E-state index in [-0.39, 0.29) is 17.9 Å². The fourth-order valence-corrected chi connectivity index (χ4v) is 6.74. The molecular weight excluding hydrogens is 550 g/mol. The number of hydrogen-bond acceptors (Lipinski definition) is 5. The predicted molar refractivity (Wildman–Crippen MR) is 149 cm³/mol. The molecule has 1 fully saturated rings. The summed E-state index contributed by atoms with van der Waals surface area (Å²) >= 11 is 5.04. The van der Waals surface area contributed by atoms with Crippen molar-refractivity contribution in [2.24, 2.45) is 5.92 Å². The maximum Gasteiger partial charge on any atom is 0.271 e. The van der Waals surface area contributed by atoms with E-state index in [0.717, 1.165) is 72.4 Å². The Kier molecular flexibility index (Phi) is 8.25. The lowest BCUT2D eigenvalue weighted by atomic mass is 9.88. The number of carbonyl (C=O) groups is 2. The number of fused-ring (bicyclic) bond motifs is 1. The van der Waals surface area contributed by atoms with Crippen LogP contribution in [0.1, 0.15) is 63.9 Å². The van der Waals surface area contributed by atoms with Crippen LogP contribution >= 0.6 is 27.3 Å². The van der Waals surface area contributed by atoms with Gasteiger partial charge in [-0.1, -0.05) is 40.2 Å². The van der Waals surface area contributed by atoms with Crippen LogP contribution in [0.4, 0.5) is 0 Å². The predicted octanol–water partition coefficient (Wildman–Crippen LogP) is 5.75. The van der Waals surface area contributed by atoms with Crippen molar-refractivity contribution in [2.75, 3.05) is 20.2 Å². The second-order valence-corrected chi connectivity index (χ2v) is 11.8. The summed E-state index contributed by atoms with van der Waals surface area (Å²) in [6, 6.07) is 14.2. The largest absolute Gasteiger partial charge is 0.496 e. The summed E-state index contributed by atoms with van der Waals surface area (Å²) in [4.78, 5) is 32.5. The Hall–Kier alpha value is -2.71. The fraction of sp³-hybridized carbons (Fsp3) is 0.414. The highest BCUT2D eigenvalue weighted by atomic mass is 79.9. The monoisotopic (exact) mass is 581 g/mol. The Morgan fingerprint density at radius 3 is 2.78 bits per heavy atom. The molecule has 1 aliphatic heterocycles. The zero-order chi connectivity index (χ0) is 25.8. The SMILES string of the molecule is COc1ccc(Br)cc1CC(=O)N1CCC(Cc2nc(C(=O)NC3CCCc4ccccc43)cs2)CC1. The summed E-state index contributed by atoms with van der Waals surface area (Å²) in [5, 5.41) is 6.08. The van der Waals surface area contributed by atoms with Gasteiger partial charge in [-0.05, 0) is 67.3 Å². The zero-order valence-corrected chi connectivity index (χ0v) is 23.4. The first-order chi connectivity index (χ1) is 18.0. The minimum Gasteiger partial charge on any atom is -0.496 e. The number of piperidine rings is 1. The molecule has 0 radical (unpaired) electrons. The van der Waals surface area contributed by atoms with Crippen LogP contribution in [0.3, 0.4) is 0 Å². The van der Waals surface area contributed by atoms with Gasteiger partial charge in [0.2, 0.25) is 5.91 Å². The highest BCUT2D eigenvalue weighted by Crippen LogP contribution is 2.30. The van der Waals surface area contributed by atoms with Crippen LogP contribution in [-0.2, 0) is 24.1 Å². The molecule has 0 spiro atoms. The summed E-state index contributed by atoms with van der Waals surface area (Å²) in [6.07, 6.45) is 6.21.